The minimum Gasteiger partial charge on any atom is -0.308 e. The lowest BCUT2D eigenvalue weighted by molar-refractivity contribution is 0.628. The molecule has 47 heavy (non-hydrogen) atoms. The van der Waals surface area contributed by atoms with Crippen LogP contribution in [0.15, 0.2) is 170 Å². The van der Waals surface area contributed by atoms with Crippen molar-refractivity contribution in [3.05, 3.63) is 176 Å². The summed E-state index contributed by atoms with van der Waals surface area (Å²) >= 11 is 1.84. The molecule has 9 rings (SSSR count). The van der Waals surface area contributed by atoms with Gasteiger partial charge in [-0.3, -0.25) is 0 Å². The standard InChI is InChI=1S/C44H28FNS/c45-33-16-7-15-32(27-33)35-19-8-13-30-14-9-20-38(43(30)35)36-17-3-5-22-40(36)46(34-26-25-29-11-1-2-12-31(29)28-34)41-23-10-21-39-37-18-4-6-24-42(37)47-44(39)41/h1-28H. The molecule has 0 bridgehead atoms. The molecule has 0 fully saturated rings. The molecule has 8 aromatic carbocycles. The van der Waals surface area contributed by atoms with E-state index >= 15 is 0 Å². The molecule has 0 atom stereocenters. The lowest BCUT2D eigenvalue weighted by Crippen LogP contribution is -2.11. The Labute approximate surface area is 276 Å². The van der Waals surface area contributed by atoms with Crippen LogP contribution in [0.25, 0.3) is 64.0 Å². The predicted octanol–water partition coefficient (Wildman–Crippen LogP) is 13.3. The summed E-state index contributed by atoms with van der Waals surface area (Å²) < 4.78 is 17.1. The maximum atomic E-state index is 14.5. The SMILES string of the molecule is Fc1cccc(-c2cccc3cccc(-c4ccccc4N(c4ccc5ccccc5c4)c4cccc5c4sc4ccccc45)c23)c1. The van der Waals surface area contributed by atoms with Gasteiger partial charge in [0.05, 0.1) is 16.1 Å². The molecule has 0 unspecified atom stereocenters. The van der Waals surface area contributed by atoms with Crippen molar-refractivity contribution < 1.29 is 4.39 Å². The van der Waals surface area contributed by atoms with Crippen molar-refractivity contribution >= 4 is 70.1 Å². The highest BCUT2D eigenvalue weighted by Crippen LogP contribution is 2.48. The van der Waals surface area contributed by atoms with E-state index in [1.165, 1.54) is 37.0 Å². The quantitative estimate of drug-likeness (QED) is 0.185. The number of benzene rings is 8. The van der Waals surface area contributed by atoms with Crippen molar-refractivity contribution in [2.24, 2.45) is 0 Å². The first-order chi connectivity index (χ1) is 23.2. The van der Waals surface area contributed by atoms with Crippen LogP contribution in [0.3, 0.4) is 0 Å². The van der Waals surface area contributed by atoms with E-state index in [9.17, 15) is 4.39 Å². The number of nitrogens with zero attached hydrogens (tertiary/aromatic N) is 1. The fourth-order valence-electron chi connectivity index (χ4n) is 6.99. The molecule has 0 N–H and O–H groups in total. The Morgan fingerprint density at radius 2 is 1.11 bits per heavy atom. The van der Waals surface area contributed by atoms with Crippen molar-refractivity contribution in [1.29, 1.82) is 0 Å². The highest BCUT2D eigenvalue weighted by atomic mass is 32.1. The molecule has 0 aliphatic carbocycles. The number of hydrogen-bond donors (Lipinski definition) is 0. The molecule has 9 aromatic rings. The van der Waals surface area contributed by atoms with Crippen molar-refractivity contribution in [3.8, 4) is 22.3 Å². The Hall–Kier alpha value is -5.77. The number of para-hydroxylation sites is 1. The second-order valence-electron chi connectivity index (χ2n) is 11.9. The minimum atomic E-state index is -0.240. The van der Waals surface area contributed by atoms with Gasteiger partial charge >= 0.3 is 0 Å². The largest absolute Gasteiger partial charge is 0.308 e. The van der Waals surface area contributed by atoms with Gasteiger partial charge in [0.15, 0.2) is 0 Å². The number of thiophene rings is 1. The van der Waals surface area contributed by atoms with Crippen LogP contribution < -0.4 is 4.90 Å². The zero-order valence-corrected chi connectivity index (χ0v) is 26.2. The number of halogens is 1. The van der Waals surface area contributed by atoms with Crippen LogP contribution in [-0.4, -0.2) is 0 Å². The Morgan fingerprint density at radius 1 is 0.447 bits per heavy atom. The maximum Gasteiger partial charge on any atom is 0.123 e. The van der Waals surface area contributed by atoms with Gasteiger partial charge in [-0.1, -0.05) is 127 Å². The second-order valence-corrected chi connectivity index (χ2v) is 12.9. The molecular formula is C44H28FNS. The second kappa shape index (κ2) is 11.2. The van der Waals surface area contributed by atoms with Crippen molar-refractivity contribution in [2.75, 3.05) is 4.90 Å². The number of rotatable bonds is 5. The third-order valence-electron chi connectivity index (χ3n) is 9.09. The number of hydrogen-bond acceptors (Lipinski definition) is 2. The first-order valence-corrected chi connectivity index (χ1v) is 16.6. The Kier molecular flexibility index (Phi) is 6.58. The summed E-state index contributed by atoms with van der Waals surface area (Å²) in [5.74, 6) is -0.240. The molecule has 3 heteroatoms. The van der Waals surface area contributed by atoms with E-state index in [4.69, 9.17) is 0 Å². The molecule has 1 nitrogen and oxygen atoms in total. The first-order valence-electron chi connectivity index (χ1n) is 15.8. The van der Waals surface area contributed by atoms with Crippen LogP contribution in [0.5, 0.6) is 0 Å². The van der Waals surface area contributed by atoms with Crippen LogP contribution in [0.1, 0.15) is 0 Å². The average Bonchev–Trinajstić information content (AvgIpc) is 3.51. The summed E-state index contributed by atoms with van der Waals surface area (Å²) in [5, 5.41) is 7.14. The summed E-state index contributed by atoms with van der Waals surface area (Å²) in [6.45, 7) is 0. The normalized spacial score (nSPS) is 11.5. The van der Waals surface area contributed by atoms with Crippen LogP contribution in [0.2, 0.25) is 0 Å². The van der Waals surface area contributed by atoms with E-state index in [1.807, 2.05) is 17.4 Å². The average molecular weight is 622 g/mol. The fraction of sp³-hybridized carbons (Fsp3) is 0. The Morgan fingerprint density at radius 3 is 2.00 bits per heavy atom. The number of anilines is 3. The summed E-state index contributed by atoms with van der Waals surface area (Å²) in [7, 11) is 0. The third-order valence-corrected chi connectivity index (χ3v) is 10.3. The fourth-order valence-corrected chi connectivity index (χ4v) is 8.20. The molecule has 0 amide bonds. The van der Waals surface area contributed by atoms with Gasteiger partial charge in [-0.15, -0.1) is 11.3 Å². The molecule has 0 radical (unpaired) electrons. The van der Waals surface area contributed by atoms with Crippen LogP contribution in [0.4, 0.5) is 21.5 Å². The summed E-state index contributed by atoms with van der Waals surface area (Å²) in [6, 6.07) is 58.9. The van der Waals surface area contributed by atoms with E-state index < -0.39 is 0 Å². The highest BCUT2D eigenvalue weighted by molar-refractivity contribution is 7.26. The summed E-state index contributed by atoms with van der Waals surface area (Å²) in [6.07, 6.45) is 0. The van der Waals surface area contributed by atoms with Gasteiger partial charge in [-0.05, 0) is 80.7 Å². The van der Waals surface area contributed by atoms with Gasteiger partial charge in [-0.25, -0.2) is 4.39 Å². The van der Waals surface area contributed by atoms with Crippen LogP contribution >= 0.6 is 11.3 Å². The van der Waals surface area contributed by atoms with E-state index in [2.05, 4.69) is 150 Å². The zero-order valence-electron chi connectivity index (χ0n) is 25.4. The van der Waals surface area contributed by atoms with Crippen molar-refractivity contribution in [3.63, 3.8) is 0 Å². The molecule has 1 aromatic heterocycles. The van der Waals surface area contributed by atoms with Crippen molar-refractivity contribution in [1.82, 2.24) is 0 Å². The Balaban J connectivity index is 1.35. The van der Waals surface area contributed by atoms with Crippen molar-refractivity contribution in [2.45, 2.75) is 0 Å². The molecule has 0 saturated heterocycles. The summed E-state index contributed by atoms with van der Waals surface area (Å²) in [5.41, 5.74) is 7.39. The molecule has 0 spiro atoms. The molecule has 1 heterocycles. The van der Waals surface area contributed by atoms with Gasteiger partial charge in [0.25, 0.3) is 0 Å². The third kappa shape index (κ3) is 4.67. The van der Waals surface area contributed by atoms with Gasteiger partial charge < -0.3 is 4.90 Å². The van der Waals surface area contributed by atoms with Gasteiger partial charge in [0.2, 0.25) is 0 Å². The smallest absolute Gasteiger partial charge is 0.123 e. The van der Waals surface area contributed by atoms with Crippen LogP contribution in [0, 0.1) is 5.82 Å². The molecule has 0 saturated carbocycles. The highest BCUT2D eigenvalue weighted by Gasteiger charge is 2.22. The number of fused-ring (bicyclic) bond motifs is 5. The molecule has 0 aliphatic rings. The summed E-state index contributed by atoms with van der Waals surface area (Å²) in [4.78, 5) is 2.42. The monoisotopic (exact) mass is 621 g/mol. The van der Waals surface area contributed by atoms with Crippen LogP contribution in [-0.2, 0) is 0 Å². The topological polar surface area (TPSA) is 3.24 Å². The van der Waals surface area contributed by atoms with Gasteiger partial charge in [0.1, 0.15) is 5.82 Å². The van der Waals surface area contributed by atoms with E-state index in [0.717, 1.165) is 50.1 Å². The van der Waals surface area contributed by atoms with Gasteiger partial charge in [0, 0.05) is 26.7 Å². The lowest BCUT2D eigenvalue weighted by Gasteiger charge is -2.29. The van der Waals surface area contributed by atoms with Gasteiger partial charge in [-0.2, -0.15) is 0 Å². The molecule has 0 aliphatic heterocycles. The van der Waals surface area contributed by atoms with E-state index in [0.29, 0.717) is 0 Å². The maximum absolute atomic E-state index is 14.5. The Bertz CT molecular complexity index is 2610. The lowest BCUT2D eigenvalue weighted by atomic mass is 9.90. The van der Waals surface area contributed by atoms with E-state index in [1.54, 1.807) is 12.1 Å². The minimum absolute atomic E-state index is 0.240. The molecule has 222 valence electrons. The zero-order chi connectivity index (χ0) is 31.3. The molecular weight excluding hydrogens is 594 g/mol. The van der Waals surface area contributed by atoms with E-state index in [-0.39, 0.29) is 5.82 Å². The predicted molar refractivity (Wildman–Crippen MR) is 200 cm³/mol. The first kappa shape index (κ1) is 27.5.